The lowest BCUT2D eigenvalue weighted by atomic mass is 10.1. The maximum absolute atomic E-state index is 12.1. The van der Waals surface area contributed by atoms with Crippen molar-refractivity contribution < 1.29 is 19.1 Å². The molecule has 0 aromatic heterocycles. The Morgan fingerprint density at radius 3 is 2.61 bits per heavy atom. The lowest BCUT2D eigenvalue weighted by molar-refractivity contribution is -0.126. The molecule has 0 saturated carbocycles. The summed E-state index contributed by atoms with van der Waals surface area (Å²) >= 11 is 6.05. The van der Waals surface area contributed by atoms with Gasteiger partial charge in [-0.15, -0.1) is 0 Å². The van der Waals surface area contributed by atoms with E-state index in [2.05, 4.69) is 21.9 Å². The van der Waals surface area contributed by atoms with Gasteiger partial charge < -0.3 is 14.8 Å². The molecule has 0 radical (unpaired) electrons. The van der Waals surface area contributed by atoms with Crippen molar-refractivity contribution in [2.24, 2.45) is 5.10 Å². The predicted octanol–water partition coefficient (Wildman–Crippen LogP) is 4.98. The van der Waals surface area contributed by atoms with Gasteiger partial charge in [-0.1, -0.05) is 35.9 Å². The summed E-state index contributed by atoms with van der Waals surface area (Å²) in [6.45, 7) is 4.34. The van der Waals surface area contributed by atoms with E-state index >= 15 is 0 Å². The molecule has 3 rings (SSSR count). The van der Waals surface area contributed by atoms with E-state index in [-0.39, 0.29) is 6.61 Å². The molecule has 8 nitrogen and oxygen atoms in total. The van der Waals surface area contributed by atoms with Crippen LogP contribution >= 0.6 is 11.6 Å². The minimum Gasteiger partial charge on any atom is -0.490 e. The van der Waals surface area contributed by atoms with E-state index in [1.165, 1.54) is 6.21 Å². The number of nitrogens with zero attached hydrogens (tertiary/aromatic N) is 2. The van der Waals surface area contributed by atoms with E-state index in [9.17, 15) is 14.9 Å². The second kappa shape index (κ2) is 12.9. The molecule has 0 bridgehead atoms. The number of aryl methyl sites for hydroxylation is 1. The lowest BCUT2D eigenvalue weighted by Gasteiger charge is -2.13. The molecule has 2 amide bonds. The minimum atomic E-state index is -0.567. The number of benzene rings is 3. The largest absolute Gasteiger partial charge is 0.490 e. The zero-order valence-electron chi connectivity index (χ0n) is 19.9. The Morgan fingerprint density at radius 1 is 1.06 bits per heavy atom. The molecule has 9 heteroatoms. The van der Waals surface area contributed by atoms with Crippen LogP contribution in [0.25, 0.3) is 0 Å². The molecular weight excluding hydrogens is 480 g/mol. The van der Waals surface area contributed by atoms with Crippen LogP contribution in [0.3, 0.4) is 0 Å². The second-order valence-corrected chi connectivity index (χ2v) is 8.09. The van der Waals surface area contributed by atoms with E-state index in [1.54, 1.807) is 48.5 Å². The third kappa shape index (κ3) is 7.58. The Hall–Kier alpha value is -4.35. The SMILES string of the molecule is CCOc1cc(C=NNC(=O)CC(=O)Nc2ccc(C)c(Cl)c2)ccc1OCc1ccccc1C#N. The fourth-order valence-corrected chi connectivity index (χ4v) is 3.32. The first-order valence-corrected chi connectivity index (χ1v) is 11.5. The van der Waals surface area contributed by atoms with E-state index in [1.807, 2.05) is 26.0 Å². The van der Waals surface area contributed by atoms with Crippen LogP contribution in [-0.2, 0) is 16.2 Å². The first kappa shape index (κ1) is 26.3. The number of anilines is 1. The molecule has 3 aromatic rings. The molecule has 2 N–H and O–H groups in total. The summed E-state index contributed by atoms with van der Waals surface area (Å²) < 4.78 is 11.6. The number of hydrogen-bond acceptors (Lipinski definition) is 6. The molecule has 0 spiro atoms. The number of ether oxygens (including phenoxy) is 2. The Morgan fingerprint density at radius 2 is 1.86 bits per heavy atom. The summed E-state index contributed by atoms with van der Waals surface area (Å²) in [4.78, 5) is 24.2. The van der Waals surface area contributed by atoms with Crippen LogP contribution in [0.1, 0.15) is 35.6 Å². The summed E-state index contributed by atoms with van der Waals surface area (Å²) in [6.07, 6.45) is 1.04. The van der Waals surface area contributed by atoms with Gasteiger partial charge in [0.15, 0.2) is 11.5 Å². The van der Waals surface area contributed by atoms with Crippen molar-refractivity contribution >= 4 is 35.3 Å². The molecule has 0 saturated heterocycles. The molecule has 0 aliphatic rings. The first-order valence-electron chi connectivity index (χ1n) is 11.1. The highest BCUT2D eigenvalue weighted by Gasteiger charge is 2.11. The maximum atomic E-state index is 12.1. The normalized spacial score (nSPS) is 10.5. The molecule has 0 aliphatic carbocycles. The van der Waals surface area contributed by atoms with Crippen LogP contribution in [0.15, 0.2) is 65.8 Å². The Kier molecular flexibility index (Phi) is 9.43. The molecular formula is C27H25ClN4O4. The van der Waals surface area contributed by atoms with Crippen LogP contribution in [0.4, 0.5) is 5.69 Å². The summed E-state index contributed by atoms with van der Waals surface area (Å²) in [5.74, 6) is -0.0409. The highest BCUT2D eigenvalue weighted by atomic mass is 35.5. The Bertz CT molecular complexity index is 1320. The van der Waals surface area contributed by atoms with Crippen molar-refractivity contribution in [3.63, 3.8) is 0 Å². The van der Waals surface area contributed by atoms with Crippen molar-refractivity contribution in [1.82, 2.24) is 5.43 Å². The molecule has 0 atom stereocenters. The monoisotopic (exact) mass is 504 g/mol. The van der Waals surface area contributed by atoms with E-state index in [4.69, 9.17) is 21.1 Å². The van der Waals surface area contributed by atoms with Crippen LogP contribution in [0, 0.1) is 18.3 Å². The smallest absolute Gasteiger partial charge is 0.249 e. The molecule has 0 unspecified atom stereocenters. The molecule has 184 valence electrons. The van der Waals surface area contributed by atoms with Gasteiger partial charge in [-0.2, -0.15) is 10.4 Å². The average Bonchev–Trinajstić information content (AvgIpc) is 2.86. The quantitative estimate of drug-likeness (QED) is 0.230. The zero-order valence-corrected chi connectivity index (χ0v) is 20.6. The van der Waals surface area contributed by atoms with Gasteiger partial charge in [0, 0.05) is 16.3 Å². The van der Waals surface area contributed by atoms with Gasteiger partial charge in [0.25, 0.3) is 0 Å². The number of halogens is 1. The Labute approximate surface area is 214 Å². The van der Waals surface area contributed by atoms with Crippen molar-refractivity contribution in [3.05, 3.63) is 87.9 Å². The third-order valence-corrected chi connectivity index (χ3v) is 5.38. The van der Waals surface area contributed by atoms with Crippen molar-refractivity contribution in [3.8, 4) is 17.6 Å². The van der Waals surface area contributed by atoms with Crippen molar-refractivity contribution in [1.29, 1.82) is 5.26 Å². The van der Waals surface area contributed by atoms with Gasteiger partial charge >= 0.3 is 0 Å². The number of carbonyl (C=O) groups is 2. The van der Waals surface area contributed by atoms with Gasteiger partial charge in [0.05, 0.1) is 24.5 Å². The van der Waals surface area contributed by atoms with Gasteiger partial charge in [-0.3, -0.25) is 9.59 Å². The molecule has 0 heterocycles. The number of hydrogen-bond donors (Lipinski definition) is 2. The fraction of sp³-hybridized carbons (Fsp3) is 0.185. The Balaban J connectivity index is 1.56. The molecule has 3 aromatic carbocycles. The van der Waals surface area contributed by atoms with Crippen molar-refractivity contribution in [2.45, 2.75) is 26.9 Å². The lowest BCUT2D eigenvalue weighted by Crippen LogP contribution is -2.24. The van der Waals surface area contributed by atoms with E-state index in [0.29, 0.717) is 39.9 Å². The zero-order chi connectivity index (χ0) is 25.9. The molecule has 0 aliphatic heterocycles. The predicted molar refractivity (Wildman–Crippen MR) is 138 cm³/mol. The number of nitriles is 1. The number of hydrazone groups is 1. The number of nitrogens with one attached hydrogen (secondary N) is 2. The van der Waals surface area contributed by atoms with Crippen LogP contribution < -0.4 is 20.2 Å². The maximum Gasteiger partial charge on any atom is 0.249 e. The van der Waals surface area contributed by atoms with E-state index < -0.39 is 18.2 Å². The first-order chi connectivity index (χ1) is 17.4. The van der Waals surface area contributed by atoms with Crippen LogP contribution in [0.5, 0.6) is 11.5 Å². The summed E-state index contributed by atoms with van der Waals surface area (Å²) in [6, 6.07) is 19.7. The molecule has 36 heavy (non-hydrogen) atoms. The fourth-order valence-electron chi connectivity index (χ4n) is 3.14. The van der Waals surface area contributed by atoms with Crippen LogP contribution in [0.2, 0.25) is 5.02 Å². The highest BCUT2D eigenvalue weighted by molar-refractivity contribution is 6.31. The topological polar surface area (TPSA) is 113 Å². The van der Waals surface area contributed by atoms with Gasteiger partial charge in [0.1, 0.15) is 13.0 Å². The summed E-state index contributed by atoms with van der Waals surface area (Å²) in [5.41, 5.74) is 5.70. The second-order valence-electron chi connectivity index (χ2n) is 7.68. The highest BCUT2D eigenvalue weighted by Crippen LogP contribution is 2.29. The summed E-state index contributed by atoms with van der Waals surface area (Å²) in [5, 5.41) is 16.3. The van der Waals surface area contributed by atoms with Gasteiger partial charge in [-0.25, -0.2) is 5.43 Å². The minimum absolute atomic E-state index is 0.212. The number of carbonyl (C=O) groups excluding carboxylic acids is 2. The van der Waals surface area contributed by atoms with Gasteiger partial charge in [0.2, 0.25) is 11.8 Å². The number of rotatable bonds is 10. The van der Waals surface area contributed by atoms with Crippen molar-refractivity contribution in [2.75, 3.05) is 11.9 Å². The standard InChI is InChI=1S/C27H25ClN4O4/c1-3-35-25-12-19(9-11-24(25)36-17-21-7-5-4-6-20(21)15-29)16-30-32-27(34)14-26(33)31-22-10-8-18(2)23(28)13-22/h4-13,16H,3,14,17H2,1-2H3,(H,31,33)(H,32,34). The van der Waals surface area contributed by atoms with Crippen LogP contribution in [-0.4, -0.2) is 24.6 Å². The number of amides is 2. The van der Waals surface area contributed by atoms with Gasteiger partial charge in [-0.05, 0) is 61.4 Å². The third-order valence-electron chi connectivity index (χ3n) is 4.97. The average molecular weight is 505 g/mol. The molecule has 0 fully saturated rings. The van der Waals surface area contributed by atoms with E-state index in [0.717, 1.165) is 11.1 Å². The summed E-state index contributed by atoms with van der Waals surface area (Å²) in [7, 11) is 0.